The summed E-state index contributed by atoms with van der Waals surface area (Å²) in [6, 6.07) is 0. The van der Waals surface area contributed by atoms with Gasteiger partial charge in [0.25, 0.3) is 0 Å². The lowest BCUT2D eigenvalue weighted by molar-refractivity contribution is 0.408. The minimum atomic E-state index is 1.07. The van der Waals surface area contributed by atoms with Crippen LogP contribution in [0.1, 0.15) is 44.9 Å². The number of thioether (sulfide) groups is 2. The maximum absolute atomic E-state index is 2.18. The van der Waals surface area contributed by atoms with Gasteiger partial charge in [-0.15, -0.1) is 0 Å². The molecule has 0 radical (unpaired) electrons. The molecule has 0 aromatic heterocycles. The van der Waals surface area contributed by atoms with E-state index in [-0.39, 0.29) is 0 Å². The van der Waals surface area contributed by atoms with Crippen LogP contribution in [0.3, 0.4) is 0 Å². The van der Waals surface area contributed by atoms with Crippen LogP contribution >= 0.6 is 23.5 Å². The van der Waals surface area contributed by atoms with Crippen molar-refractivity contribution >= 4 is 23.5 Å². The summed E-state index contributed by atoms with van der Waals surface area (Å²) in [6.07, 6.45) is 10.6. The summed E-state index contributed by atoms with van der Waals surface area (Å²) < 4.78 is 0. The van der Waals surface area contributed by atoms with Gasteiger partial charge in [-0.1, -0.05) is 6.42 Å². The fourth-order valence-electron chi connectivity index (χ4n) is 2.77. The molecular weight excluding hydrogens is 220 g/mol. The lowest BCUT2D eigenvalue weighted by Crippen LogP contribution is -2.13. The van der Waals surface area contributed by atoms with Crippen molar-refractivity contribution < 1.29 is 0 Å². The first-order valence-corrected chi connectivity index (χ1v) is 8.91. The van der Waals surface area contributed by atoms with E-state index >= 15 is 0 Å². The van der Waals surface area contributed by atoms with Crippen molar-refractivity contribution in [2.75, 3.05) is 23.0 Å². The molecule has 0 nitrogen and oxygen atoms in total. The first-order valence-electron chi connectivity index (χ1n) is 6.60. The van der Waals surface area contributed by atoms with Crippen LogP contribution in [0.2, 0.25) is 0 Å². The summed E-state index contributed by atoms with van der Waals surface area (Å²) in [7, 11) is 0. The van der Waals surface area contributed by atoms with Crippen molar-refractivity contribution in [3.05, 3.63) is 0 Å². The highest BCUT2D eigenvalue weighted by Crippen LogP contribution is 2.30. The summed E-state index contributed by atoms with van der Waals surface area (Å²) in [5.74, 6) is 7.91. The van der Waals surface area contributed by atoms with Crippen LogP contribution in [-0.4, -0.2) is 23.0 Å². The van der Waals surface area contributed by atoms with Gasteiger partial charge in [-0.05, 0) is 73.4 Å². The first kappa shape index (κ1) is 12.2. The highest BCUT2D eigenvalue weighted by molar-refractivity contribution is 7.99. The molecule has 2 unspecified atom stereocenters. The highest BCUT2D eigenvalue weighted by Gasteiger charge is 2.16. The second-order valence-corrected chi connectivity index (χ2v) is 7.40. The summed E-state index contributed by atoms with van der Waals surface area (Å²) in [6.45, 7) is 0. The Hall–Kier alpha value is 0.700. The molecule has 0 aliphatic carbocycles. The normalized spacial score (nSPS) is 32.8. The Bertz CT molecular complexity index is 140. The zero-order valence-electron chi connectivity index (χ0n) is 9.75. The van der Waals surface area contributed by atoms with E-state index < -0.39 is 0 Å². The van der Waals surface area contributed by atoms with Crippen molar-refractivity contribution in [1.82, 2.24) is 0 Å². The molecule has 0 aromatic carbocycles. The first-order chi connectivity index (χ1) is 7.45. The third-order valence-electron chi connectivity index (χ3n) is 3.73. The number of hydrogen-bond donors (Lipinski definition) is 0. The van der Waals surface area contributed by atoms with Gasteiger partial charge >= 0.3 is 0 Å². The maximum atomic E-state index is 2.18. The molecule has 2 rings (SSSR count). The van der Waals surface area contributed by atoms with Crippen LogP contribution in [-0.2, 0) is 0 Å². The van der Waals surface area contributed by atoms with Gasteiger partial charge in [0, 0.05) is 0 Å². The van der Waals surface area contributed by atoms with Gasteiger partial charge in [0.2, 0.25) is 0 Å². The molecule has 2 fully saturated rings. The summed E-state index contributed by atoms with van der Waals surface area (Å²) in [5, 5.41) is 0. The smallest absolute Gasteiger partial charge is 0.00391 e. The van der Waals surface area contributed by atoms with Crippen LogP contribution in [0, 0.1) is 11.8 Å². The lowest BCUT2D eigenvalue weighted by Gasteiger charge is -2.24. The molecule has 0 N–H and O–H groups in total. The van der Waals surface area contributed by atoms with Crippen LogP contribution in [0.25, 0.3) is 0 Å². The van der Waals surface area contributed by atoms with Gasteiger partial charge in [0.15, 0.2) is 0 Å². The molecule has 0 amide bonds. The zero-order valence-corrected chi connectivity index (χ0v) is 11.4. The van der Waals surface area contributed by atoms with Gasteiger partial charge in [0.1, 0.15) is 0 Å². The highest BCUT2D eigenvalue weighted by atomic mass is 32.2. The van der Waals surface area contributed by atoms with Gasteiger partial charge in [-0.2, -0.15) is 23.5 Å². The van der Waals surface area contributed by atoms with Crippen molar-refractivity contribution in [1.29, 1.82) is 0 Å². The third kappa shape index (κ3) is 4.60. The van der Waals surface area contributed by atoms with E-state index in [4.69, 9.17) is 0 Å². The third-order valence-corrected chi connectivity index (χ3v) is 6.30. The van der Waals surface area contributed by atoms with Crippen molar-refractivity contribution in [3.8, 4) is 0 Å². The Morgan fingerprint density at radius 2 is 1.33 bits per heavy atom. The predicted octanol–water partition coefficient (Wildman–Crippen LogP) is 4.44. The second kappa shape index (κ2) is 7.11. The second-order valence-electron chi connectivity index (χ2n) is 5.10. The maximum Gasteiger partial charge on any atom is -0.00391 e. The Morgan fingerprint density at radius 3 is 1.73 bits per heavy atom. The molecule has 0 aromatic rings. The van der Waals surface area contributed by atoms with E-state index in [1.165, 1.54) is 68.0 Å². The largest absolute Gasteiger partial charge is 0.162 e. The average molecular weight is 244 g/mol. The van der Waals surface area contributed by atoms with Gasteiger partial charge in [0.05, 0.1) is 0 Å². The molecule has 0 bridgehead atoms. The summed E-state index contributed by atoms with van der Waals surface area (Å²) in [5.41, 5.74) is 0. The van der Waals surface area contributed by atoms with Crippen LogP contribution < -0.4 is 0 Å². The SMILES string of the molecule is C1CSCC(CCCC2CCCSC2)C1. The minimum Gasteiger partial charge on any atom is -0.162 e. The molecule has 2 aliphatic rings. The lowest BCUT2D eigenvalue weighted by atomic mass is 9.93. The number of hydrogen-bond acceptors (Lipinski definition) is 2. The Balaban J connectivity index is 1.53. The molecule has 0 spiro atoms. The Labute approximate surface area is 103 Å². The fraction of sp³-hybridized carbons (Fsp3) is 1.00. The van der Waals surface area contributed by atoms with E-state index in [2.05, 4.69) is 23.5 Å². The average Bonchev–Trinajstić information content (AvgIpc) is 2.32. The molecule has 2 aliphatic heterocycles. The van der Waals surface area contributed by atoms with Gasteiger partial charge < -0.3 is 0 Å². The topological polar surface area (TPSA) is 0 Å². The van der Waals surface area contributed by atoms with E-state index in [1.807, 2.05) is 0 Å². The Kier molecular flexibility index (Phi) is 5.77. The molecule has 2 heteroatoms. The predicted molar refractivity (Wildman–Crippen MR) is 73.9 cm³/mol. The molecule has 2 heterocycles. The van der Waals surface area contributed by atoms with Crippen molar-refractivity contribution in [3.63, 3.8) is 0 Å². The molecule has 88 valence electrons. The summed E-state index contributed by atoms with van der Waals surface area (Å²) in [4.78, 5) is 0. The van der Waals surface area contributed by atoms with Crippen LogP contribution in [0.15, 0.2) is 0 Å². The molecule has 0 saturated carbocycles. The van der Waals surface area contributed by atoms with Crippen LogP contribution in [0.4, 0.5) is 0 Å². The van der Waals surface area contributed by atoms with Gasteiger partial charge in [-0.25, -0.2) is 0 Å². The molecule has 15 heavy (non-hydrogen) atoms. The minimum absolute atomic E-state index is 1.07. The van der Waals surface area contributed by atoms with Crippen LogP contribution in [0.5, 0.6) is 0 Å². The Morgan fingerprint density at radius 1 is 0.800 bits per heavy atom. The fourth-order valence-corrected chi connectivity index (χ4v) is 5.17. The van der Waals surface area contributed by atoms with Gasteiger partial charge in [-0.3, -0.25) is 0 Å². The zero-order chi connectivity index (χ0) is 10.3. The molecular formula is C13H24S2. The van der Waals surface area contributed by atoms with E-state index in [9.17, 15) is 0 Å². The number of rotatable bonds is 4. The monoisotopic (exact) mass is 244 g/mol. The quantitative estimate of drug-likeness (QED) is 0.717. The van der Waals surface area contributed by atoms with E-state index in [0.717, 1.165) is 11.8 Å². The van der Waals surface area contributed by atoms with E-state index in [0.29, 0.717) is 0 Å². The van der Waals surface area contributed by atoms with Crippen molar-refractivity contribution in [2.24, 2.45) is 11.8 Å². The summed E-state index contributed by atoms with van der Waals surface area (Å²) >= 11 is 4.37. The molecule has 2 saturated heterocycles. The van der Waals surface area contributed by atoms with E-state index in [1.54, 1.807) is 0 Å². The van der Waals surface area contributed by atoms with Crippen molar-refractivity contribution in [2.45, 2.75) is 44.9 Å². The standard InChI is InChI=1S/C13H24S2/c1(4-12-6-2-8-14-10-12)5-13-7-3-9-15-11-13/h12-13H,1-11H2. The molecule has 2 atom stereocenters.